The number of likely N-dealkylation sites (N-methyl/N-ethyl adjacent to an activating group) is 1. The Morgan fingerprint density at radius 3 is 2.70 bits per heavy atom. The molecule has 3 atom stereocenters. The van der Waals surface area contributed by atoms with Crippen LogP contribution in [0, 0.1) is 17.8 Å². The lowest BCUT2D eigenvalue weighted by atomic mass is 9.75. The van der Waals surface area contributed by atoms with E-state index in [1.807, 2.05) is 0 Å². The van der Waals surface area contributed by atoms with Crippen molar-refractivity contribution in [3.63, 3.8) is 0 Å². The molecule has 2 fully saturated rings. The fraction of sp³-hybridized carbons (Fsp3) is 0.941. The van der Waals surface area contributed by atoms with Crippen molar-refractivity contribution >= 4 is 5.78 Å². The summed E-state index contributed by atoms with van der Waals surface area (Å²) >= 11 is 0. The number of carbonyl (C=O) groups is 1. The summed E-state index contributed by atoms with van der Waals surface area (Å²) in [5, 5.41) is 0. The summed E-state index contributed by atoms with van der Waals surface area (Å²) in [6, 6.07) is 0.670. The number of nitrogens with zero attached hydrogens (tertiary/aromatic N) is 2. The molecule has 0 spiro atoms. The van der Waals surface area contributed by atoms with Crippen LogP contribution in [-0.4, -0.2) is 55.4 Å². The molecule has 2 rings (SSSR count). The van der Waals surface area contributed by atoms with Crippen LogP contribution in [0.15, 0.2) is 0 Å². The molecular weight excluding hydrogens is 248 g/mol. The highest BCUT2D eigenvalue weighted by Gasteiger charge is 2.32. The Balaban J connectivity index is 1.89. The molecule has 3 heteroatoms. The summed E-state index contributed by atoms with van der Waals surface area (Å²) in [4.78, 5) is 17.1. The zero-order chi connectivity index (χ0) is 14.7. The van der Waals surface area contributed by atoms with Crippen molar-refractivity contribution in [2.45, 2.75) is 52.0 Å². The molecule has 0 aromatic rings. The molecule has 0 bridgehead atoms. The highest BCUT2D eigenvalue weighted by atomic mass is 16.1. The van der Waals surface area contributed by atoms with E-state index in [1.54, 1.807) is 0 Å². The van der Waals surface area contributed by atoms with Crippen LogP contribution >= 0.6 is 0 Å². The molecule has 1 aliphatic heterocycles. The van der Waals surface area contributed by atoms with E-state index in [4.69, 9.17) is 0 Å². The van der Waals surface area contributed by atoms with E-state index in [2.05, 4.69) is 37.7 Å². The first kappa shape index (κ1) is 16.0. The van der Waals surface area contributed by atoms with Crippen LogP contribution in [-0.2, 0) is 4.79 Å². The number of rotatable bonds is 4. The van der Waals surface area contributed by atoms with Crippen molar-refractivity contribution in [2.75, 3.05) is 33.7 Å². The Kier molecular flexibility index (Phi) is 5.62. The van der Waals surface area contributed by atoms with E-state index in [0.29, 0.717) is 17.7 Å². The SMILES string of the molecule is CC(C)C1CCC(=O)C(CN2CCCC(N(C)C)C2)C1. The molecule has 0 aromatic heterocycles. The minimum Gasteiger partial charge on any atom is -0.305 e. The van der Waals surface area contributed by atoms with Crippen LogP contribution in [0.25, 0.3) is 0 Å². The van der Waals surface area contributed by atoms with Gasteiger partial charge in [0, 0.05) is 31.5 Å². The number of carbonyl (C=O) groups excluding carboxylic acids is 1. The molecule has 3 nitrogen and oxygen atoms in total. The molecule has 3 unspecified atom stereocenters. The average Bonchev–Trinajstić information content (AvgIpc) is 2.41. The third kappa shape index (κ3) is 4.05. The van der Waals surface area contributed by atoms with Crippen LogP contribution < -0.4 is 0 Å². The molecule has 1 saturated carbocycles. The molecule has 1 heterocycles. The Morgan fingerprint density at radius 2 is 2.05 bits per heavy atom. The Morgan fingerprint density at radius 1 is 1.30 bits per heavy atom. The maximum absolute atomic E-state index is 12.2. The van der Waals surface area contributed by atoms with E-state index in [1.165, 1.54) is 19.4 Å². The number of hydrogen-bond acceptors (Lipinski definition) is 3. The second-order valence-corrected chi connectivity index (χ2v) is 7.46. The first-order valence-corrected chi connectivity index (χ1v) is 8.39. The van der Waals surface area contributed by atoms with Crippen LogP contribution in [0.4, 0.5) is 0 Å². The van der Waals surface area contributed by atoms with Gasteiger partial charge in [-0.15, -0.1) is 0 Å². The fourth-order valence-corrected chi connectivity index (χ4v) is 3.86. The quantitative estimate of drug-likeness (QED) is 0.791. The fourth-order valence-electron chi connectivity index (χ4n) is 3.86. The van der Waals surface area contributed by atoms with Crippen molar-refractivity contribution in [1.82, 2.24) is 9.80 Å². The maximum atomic E-state index is 12.2. The summed E-state index contributed by atoms with van der Waals surface area (Å²) in [5.41, 5.74) is 0. The normalized spacial score (nSPS) is 33.1. The van der Waals surface area contributed by atoms with Crippen molar-refractivity contribution in [3.05, 3.63) is 0 Å². The molecule has 0 amide bonds. The Hall–Kier alpha value is -0.410. The number of ketones is 1. The Bertz CT molecular complexity index is 327. The summed E-state index contributed by atoms with van der Waals surface area (Å²) in [6.45, 7) is 7.94. The molecule has 20 heavy (non-hydrogen) atoms. The molecular formula is C17H32N2O. The lowest BCUT2D eigenvalue weighted by Crippen LogP contribution is -2.48. The predicted octanol–water partition coefficient (Wildman–Crippen LogP) is 2.65. The monoisotopic (exact) mass is 280 g/mol. The van der Waals surface area contributed by atoms with Crippen molar-refractivity contribution in [1.29, 1.82) is 0 Å². The van der Waals surface area contributed by atoms with Gasteiger partial charge in [-0.25, -0.2) is 0 Å². The number of piperidine rings is 1. The highest BCUT2D eigenvalue weighted by molar-refractivity contribution is 5.82. The number of hydrogen-bond donors (Lipinski definition) is 0. The van der Waals surface area contributed by atoms with Gasteiger partial charge in [0.1, 0.15) is 5.78 Å². The third-order valence-electron chi connectivity index (χ3n) is 5.44. The van der Waals surface area contributed by atoms with Gasteiger partial charge in [0.15, 0.2) is 0 Å². The lowest BCUT2D eigenvalue weighted by Gasteiger charge is -2.39. The van der Waals surface area contributed by atoms with Gasteiger partial charge in [-0.1, -0.05) is 13.8 Å². The topological polar surface area (TPSA) is 23.6 Å². The maximum Gasteiger partial charge on any atom is 0.137 e. The van der Waals surface area contributed by atoms with Crippen molar-refractivity contribution < 1.29 is 4.79 Å². The van der Waals surface area contributed by atoms with E-state index >= 15 is 0 Å². The smallest absolute Gasteiger partial charge is 0.137 e. The van der Waals surface area contributed by atoms with Gasteiger partial charge in [-0.05, 0) is 58.2 Å². The van der Waals surface area contributed by atoms with Crippen molar-refractivity contribution in [3.8, 4) is 0 Å². The van der Waals surface area contributed by atoms with Crippen LogP contribution in [0.1, 0.15) is 46.0 Å². The minimum atomic E-state index is 0.303. The highest BCUT2D eigenvalue weighted by Crippen LogP contribution is 2.32. The zero-order valence-corrected chi connectivity index (χ0v) is 13.8. The molecule has 0 radical (unpaired) electrons. The van der Waals surface area contributed by atoms with Gasteiger partial charge in [0.05, 0.1) is 0 Å². The van der Waals surface area contributed by atoms with Crippen LogP contribution in [0.3, 0.4) is 0 Å². The lowest BCUT2D eigenvalue weighted by molar-refractivity contribution is -0.127. The van der Waals surface area contributed by atoms with Gasteiger partial charge in [0.25, 0.3) is 0 Å². The summed E-state index contributed by atoms with van der Waals surface area (Å²) in [7, 11) is 4.35. The zero-order valence-electron chi connectivity index (χ0n) is 13.8. The van der Waals surface area contributed by atoms with Crippen LogP contribution in [0.5, 0.6) is 0 Å². The summed E-state index contributed by atoms with van der Waals surface area (Å²) in [5.74, 6) is 2.31. The van der Waals surface area contributed by atoms with Gasteiger partial charge in [-0.2, -0.15) is 0 Å². The second kappa shape index (κ2) is 7.04. The molecule has 1 saturated heterocycles. The van der Waals surface area contributed by atoms with Crippen molar-refractivity contribution in [2.24, 2.45) is 17.8 Å². The van der Waals surface area contributed by atoms with Gasteiger partial charge < -0.3 is 9.80 Å². The summed E-state index contributed by atoms with van der Waals surface area (Å²) in [6.07, 6.45) is 5.64. The van der Waals surface area contributed by atoms with Gasteiger partial charge in [0.2, 0.25) is 0 Å². The first-order chi connectivity index (χ1) is 9.47. The first-order valence-electron chi connectivity index (χ1n) is 8.39. The summed E-state index contributed by atoms with van der Waals surface area (Å²) < 4.78 is 0. The largest absolute Gasteiger partial charge is 0.305 e. The number of Topliss-reactive ketones (excluding diaryl/α,β-unsaturated/α-hetero) is 1. The second-order valence-electron chi connectivity index (χ2n) is 7.46. The minimum absolute atomic E-state index is 0.303. The molecule has 1 aliphatic carbocycles. The van der Waals surface area contributed by atoms with Gasteiger partial charge in [-0.3, -0.25) is 4.79 Å². The van der Waals surface area contributed by atoms with Crippen LogP contribution in [0.2, 0.25) is 0 Å². The predicted molar refractivity (Wildman–Crippen MR) is 83.8 cm³/mol. The standard InChI is InChI=1S/C17H32N2O/c1-13(2)14-7-8-17(20)15(10-14)11-19-9-5-6-16(12-19)18(3)4/h13-16H,5-12H2,1-4H3. The molecule has 0 aromatic carbocycles. The van der Waals surface area contributed by atoms with E-state index in [0.717, 1.165) is 44.2 Å². The molecule has 116 valence electrons. The Labute approximate surface area is 124 Å². The molecule has 2 aliphatic rings. The molecule has 0 N–H and O–H groups in total. The van der Waals surface area contributed by atoms with Gasteiger partial charge >= 0.3 is 0 Å². The third-order valence-corrected chi connectivity index (χ3v) is 5.44. The van der Waals surface area contributed by atoms with E-state index in [9.17, 15) is 4.79 Å². The van der Waals surface area contributed by atoms with E-state index < -0.39 is 0 Å². The van der Waals surface area contributed by atoms with E-state index in [-0.39, 0.29) is 0 Å². The number of likely N-dealkylation sites (tertiary alicyclic amines) is 1. The average molecular weight is 280 g/mol.